The van der Waals surface area contributed by atoms with Crippen LogP contribution in [0.2, 0.25) is 10.3 Å². The molecule has 0 saturated carbocycles. The number of halogens is 2. The zero-order chi connectivity index (χ0) is 13.8. The van der Waals surface area contributed by atoms with Crippen molar-refractivity contribution in [1.82, 2.24) is 9.97 Å². The van der Waals surface area contributed by atoms with Crippen molar-refractivity contribution in [3.63, 3.8) is 0 Å². The van der Waals surface area contributed by atoms with E-state index in [1.54, 1.807) is 0 Å². The van der Waals surface area contributed by atoms with Gasteiger partial charge in [-0.2, -0.15) is 0 Å². The quantitative estimate of drug-likeness (QED) is 0.789. The fraction of sp³-hybridized carbons (Fsp3) is 0.286. The van der Waals surface area contributed by atoms with Crippen LogP contribution in [0.4, 0.5) is 0 Å². The average molecular weight is 297 g/mol. The van der Waals surface area contributed by atoms with Crippen molar-refractivity contribution in [2.45, 2.75) is 20.5 Å². The van der Waals surface area contributed by atoms with Crippen LogP contribution >= 0.6 is 23.2 Å². The lowest BCUT2D eigenvalue weighted by atomic mass is 10.0. The fourth-order valence-corrected chi connectivity index (χ4v) is 2.41. The lowest BCUT2D eigenvalue weighted by Gasteiger charge is -2.10. The summed E-state index contributed by atoms with van der Waals surface area (Å²) in [5.41, 5.74) is 2.69. The number of hydrogen-bond acceptors (Lipinski definition) is 3. The Morgan fingerprint density at radius 1 is 1.11 bits per heavy atom. The van der Waals surface area contributed by atoms with E-state index in [0.29, 0.717) is 34.9 Å². The SMILES string of the molecule is CCOCc1nc(Cl)c(-c2ccccc2C)c(Cl)n1. The molecule has 19 heavy (non-hydrogen) atoms. The molecular formula is C14H14Cl2N2O. The predicted molar refractivity (Wildman–Crippen MR) is 77.6 cm³/mol. The minimum absolute atomic E-state index is 0.310. The summed E-state index contributed by atoms with van der Waals surface area (Å²) in [5, 5.41) is 0.702. The van der Waals surface area contributed by atoms with Crippen molar-refractivity contribution in [2.75, 3.05) is 6.61 Å². The first-order chi connectivity index (χ1) is 9.13. The zero-order valence-corrected chi connectivity index (χ0v) is 12.3. The van der Waals surface area contributed by atoms with Crippen molar-refractivity contribution in [2.24, 2.45) is 0 Å². The van der Waals surface area contributed by atoms with Gasteiger partial charge in [-0.1, -0.05) is 47.5 Å². The Bertz CT molecular complexity index is 564. The number of rotatable bonds is 4. The van der Waals surface area contributed by atoms with Crippen LogP contribution < -0.4 is 0 Å². The number of aryl methyl sites for hydroxylation is 1. The van der Waals surface area contributed by atoms with Gasteiger partial charge in [-0.05, 0) is 25.0 Å². The monoisotopic (exact) mass is 296 g/mol. The minimum atomic E-state index is 0.310. The Hall–Kier alpha value is -1.16. The topological polar surface area (TPSA) is 35.0 Å². The molecule has 0 aliphatic heterocycles. The highest BCUT2D eigenvalue weighted by Gasteiger charge is 2.15. The molecule has 100 valence electrons. The molecule has 2 aromatic rings. The van der Waals surface area contributed by atoms with E-state index in [2.05, 4.69) is 9.97 Å². The molecule has 0 radical (unpaired) electrons. The van der Waals surface area contributed by atoms with E-state index in [1.807, 2.05) is 38.1 Å². The first-order valence-electron chi connectivity index (χ1n) is 5.99. The Kier molecular flexibility index (Phi) is 4.75. The Morgan fingerprint density at radius 3 is 2.32 bits per heavy atom. The third-order valence-corrected chi connectivity index (χ3v) is 3.26. The van der Waals surface area contributed by atoms with Gasteiger partial charge in [0.1, 0.15) is 16.9 Å². The third-order valence-electron chi connectivity index (χ3n) is 2.72. The van der Waals surface area contributed by atoms with Gasteiger partial charge in [0.05, 0.1) is 5.56 Å². The van der Waals surface area contributed by atoms with Gasteiger partial charge in [-0.25, -0.2) is 9.97 Å². The molecule has 2 rings (SSSR count). The summed E-state index contributed by atoms with van der Waals surface area (Å²) in [5.74, 6) is 0.495. The van der Waals surface area contributed by atoms with E-state index in [9.17, 15) is 0 Å². The van der Waals surface area contributed by atoms with Gasteiger partial charge in [0.15, 0.2) is 5.82 Å². The van der Waals surface area contributed by atoms with Gasteiger partial charge < -0.3 is 4.74 Å². The molecule has 0 N–H and O–H groups in total. The molecule has 0 atom stereocenters. The summed E-state index contributed by atoms with van der Waals surface area (Å²) in [4.78, 5) is 8.47. The van der Waals surface area contributed by atoms with Crippen LogP contribution in [0.15, 0.2) is 24.3 Å². The van der Waals surface area contributed by atoms with E-state index >= 15 is 0 Å². The lowest BCUT2D eigenvalue weighted by molar-refractivity contribution is 0.128. The van der Waals surface area contributed by atoms with E-state index in [0.717, 1.165) is 11.1 Å². The lowest BCUT2D eigenvalue weighted by Crippen LogP contribution is -2.01. The number of aromatic nitrogens is 2. The van der Waals surface area contributed by atoms with Gasteiger partial charge >= 0.3 is 0 Å². The zero-order valence-electron chi connectivity index (χ0n) is 10.8. The van der Waals surface area contributed by atoms with Crippen LogP contribution in [0, 0.1) is 6.92 Å². The van der Waals surface area contributed by atoms with Crippen LogP contribution in [0.5, 0.6) is 0 Å². The second-order valence-corrected chi connectivity index (χ2v) is 4.76. The maximum absolute atomic E-state index is 6.23. The molecule has 0 amide bonds. The molecule has 1 aromatic heterocycles. The molecule has 0 aliphatic rings. The summed E-state index contributed by atoms with van der Waals surface area (Å²) >= 11 is 12.5. The molecule has 5 heteroatoms. The van der Waals surface area contributed by atoms with Gasteiger partial charge in [0.2, 0.25) is 0 Å². The van der Waals surface area contributed by atoms with Gasteiger partial charge in [0, 0.05) is 6.61 Å². The summed E-state index contributed by atoms with van der Waals surface area (Å²) in [6.07, 6.45) is 0. The second kappa shape index (κ2) is 6.33. The molecular weight excluding hydrogens is 283 g/mol. The number of ether oxygens (including phenoxy) is 1. The average Bonchev–Trinajstić information content (AvgIpc) is 2.38. The highest BCUT2D eigenvalue weighted by Crippen LogP contribution is 2.34. The maximum Gasteiger partial charge on any atom is 0.157 e. The number of nitrogens with zero attached hydrogens (tertiary/aromatic N) is 2. The normalized spacial score (nSPS) is 10.7. The Balaban J connectivity index is 2.45. The van der Waals surface area contributed by atoms with Crippen molar-refractivity contribution < 1.29 is 4.74 Å². The van der Waals surface area contributed by atoms with Gasteiger partial charge in [-0.3, -0.25) is 0 Å². The van der Waals surface area contributed by atoms with Crippen LogP contribution in [0.1, 0.15) is 18.3 Å². The van der Waals surface area contributed by atoms with E-state index in [4.69, 9.17) is 27.9 Å². The molecule has 0 fully saturated rings. The molecule has 0 saturated heterocycles. The smallest absolute Gasteiger partial charge is 0.157 e. The molecule has 0 unspecified atom stereocenters. The van der Waals surface area contributed by atoms with Crippen LogP contribution in [-0.2, 0) is 11.3 Å². The molecule has 1 heterocycles. The predicted octanol–water partition coefficient (Wildman–Crippen LogP) is 4.30. The van der Waals surface area contributed by atoms with E-state index < -0.39 is 0 Å². The highest BCUT2D eigenvalue weighted by atomic mass is 35.5. The number of hydrogen-bond donors (Lipinski definition) is 0. The molecule has 0 aliphatic carbocycles. The molecule has 1 aromatic carbocycles. The summed E-state index contributed by atoms with van der Waals surface area (Å²) < 4.78 is 5.26. The van der Waals surface area contributed by atoms with Crippen molar-refractivity contribution in [3.05, 3.63) is 46.0 Å². The van der Waals surface area contributed by atoms with E-state index in [-0.39, 0.29) is 0 Å². The Morgan fingerprint density at radius 2 is 1.74 bits per heavy atom. The van der Waals surface area contributed by atoms with Crippen LogP contribution in [0.3, 0.4) is 0 Å². The van der Waals surface area contributed by atoms with Crippen LogP contribution in [-0.4, -0.2) is 16.6 Å². The van der Waals surface area contributed by atoms with Gasteiger partial charge in [-0.15, -0.1) is 0 Å². The molecule has 0 bridgehead atoms. The molecule has 0 spiro atoms. The minimum Gasteiger partial charge on any atom is -0.374 e. The maximum atomic E-state index is 6.23. The van der Waals surface area contributed by atoms with Gasteiger partial charge in [0.25, 0.3) is 0 Å². The van der Waals surface area contributed by atoms with Crippen LogP contribution in [0.25, 0.3) is 11.1 Å². The Labute approximate surface area is 122 Å². The molecule has 3 nitrogen and oxygen atoms in total. The van der Waals surface area contributed by atoms with Crippen molar-refractivity contribution >= 4 is 23.2 Å². The van der Waals surface area contributed by atoms with Crippen molar-refractivity contribution in [1.29, 1.82) is 0 Å². The first kappa shape index (κ1) is 14.3. The fourth-order valence-electron chi connectivity index (χ4n) is 1.78. The summed E-state index contributed by atoms with van der Waals surface area (Å²) in [6, 6.07) is 7.85. The first-order valence-corrected chi connectivity index (χ1v) is 6.74. The third kappa shape index (κ3) is 3.24. The second-order valence-electron chi connectivity index (χ2n) is 4.05. The summed E-state index contributed by atoms with van der Waals surface area (Å²) in [7, 11) is 0. The van der Waals surface area contributed by atoms with Crippen molar-refractivity contribution in [3.8, 4) is 11.1 Å². The largest absolute Gasteiger partial charge is 0.374 e. The number of benzene rings is 1. The highest BCUT2D eigenvalue weighted by molar-refractivity contribution is 6.37. The standard InChI is InChI=1S/C14H14Cl2N2O/c1-3-19-8-11-17-13(15)12(14(16)18-11)10-7-5-4-6-9(10)2/h4-7H,3,8H2,1-2H3. The summed E-state index contributed by atoms with van der Waals surface area (Å²) in [6.45, 7) is 4.81. The van der Waals surface area contributed by atoms with E-state index in [1.165, 1.54) is 0 Å².